The standard InChI is InChI=1S/C9H4BrCl2N/c10-5-3-7-6(8(11)4-5)1-2-13-9(7)12/h1-4H. The second-order valence-electron chi connectivity index (χ2n) is 2.58. The summed E-state index contributed by atoms with van der Waals surface area (Å²) in [5.74, 6) is 0. The minimum absolute atomic E-state index is 0.473. The lowest BCUT2D eigenvalue weighted by Gasteiger charge is -2.02. The maximum absolute atomic E-state index is 6.02. The van der Waals surface area contributed by atoms with E-state index in [4.69, 9.17) is 23.2 Å². The van der Waals surface area contributed by atoms with Crippen LogP contribution in [0, 0.1) is 0 Å². The zero-order chi connectivity index (χ0) is 9.42. The summed E-state index contributed by atoms with van der Waals surface area (Å²) in [6, 6.07) is 5.58. The highest BCUT2D eigenvalue weighted by atomic mass is 79.9. The number of halogens is 3. The van der Waals surface area contributed by atoms with E-state index in [1.807, 2.05) is 18.2 Å². The Morgan fingerprint density at radius 1 is 1.15 bits per heavy atom. The van der Waals surface area contributed by atoms with E-state index in [9.17, 15) is 0 Å². The largest absolute Gasteiger partial charge is 0.244 e. The van der Waals surface area contributed by atoms with Gasteiger partial charge in [0, 0.05) is 26.5 Å². The number of hydrogen-bond donors (Lipinski definition) is 0. The van der Waals surface area contributed by atoms with E-state index in [0.29, 0.717) is 10.2 Å². The third kappa shape index (κ3) is 1.66. The van der Waals surface area contributed by atoms with Crippen LogP contribution in [0.2, 0.25) is 10.2 Å². The smallest absolute Gasteiger partial charge is 0.136 e. The first kappa shape index (κ1) is 9.25. The Kier molecular flexibility index (Phi) is 2.45. The van der Waals surface area contributed by atoms with E-state index in [1.54, 1.807) is 6.20 Å². The number of nitrogens with zero attached hydrogens (tertiary/aromatic N) is 1. The monoisotopic (exact) mass is 275 g/mol. The molecule has 0 amide bonds. The Bertz CT molecular complexity index is 470. The minimum Gasteiger partial charge on any atom is -0.244 e. The van der Waals surface area contributed by atoms with Crippen LogP contribution in [0.4, 0.5) is 0 Å². The van der Waals surface area contributed by atoms with Gasteiger partial charge in [0.25, 0.3) is 0 Å². The van der Waals surface area contributed by atoms with Gasteiger partial charge in [0.1, 0.15) is 5.15 Å². The molecule has 0 unspecified atom stereocenters. The lowest BCUT2D eigenvalue weighted by Crippen LogP contribution is -1.80. The minimum atomic E-state index is 0.473. The Morgan fingerprint density at radius 2 is 1.92 bits per heavy atom. The summed E-state index contributed by atoms with van der Waals surface area (Å²) in [4.78, 5) is 3.98. The lowest BCUT2D eigenvalue weighted by atomic mass is 10.2. The molecule has 0 bridgehead atoms. The molecule has 1 heterocycles. The van der Waals surface area contributed by atoms with Crippen molar-refractivity contribution in [1.82, 2.24) is 4.98 Å². The molecular formula is C9H4BrCl2N. The highest BCUT2D eigenvalue weighted by Crippen LogP contribution is 2.30. The third-order valence-electron chi connectivity index (χ3n) is 1.75. The average molecular weight is 277 g/mol. The Labute approximate surface area is 93.8 Å². The van der Waals surface area contributed by atoms with Crippen molar-refractivity contribution < 1.29 is 0 Å². The molecule has 0 spiro atoms. The molecule has 0 N–H and O–H groups in total. The summed E-state index contributed by atoms with van der Waals surface area (Å²) >= 11 is 15.3. The summed E-state index contributed by atoms with van der Waals surface area (Å²) < 4.78 is 0.903. The van der Waals surface area contributed by atoms with Crippen LogP contribution >= 0.6 is 39.1 Å². The molecule has 66 valence electrons. The molecule has 2 aromatic rings. The maximum Gasteiger partial charge on any atom is 0.136 e. The van der Waals surface area contributed by atoms with Crippen molar-refractivity contribution in [3.8, 4) is 0 Å². The van der Waals surface area contributed by atoms with Gasteiger partial charge in [-0.1, -0.05) is 39.1 Å². The van der Waals surface area contributed by atoms with Crippen molar-refractivity contribution in [1.29, 1.82) is 0 Å². The predicted molar refractivity (Wildman–Crippen MR) is 59.5 cm³/mol. The van der Waals surface area contributed by atoms with Gasteiger partial charge in [0.05, 0.1) is 0 Å². The van der Waals surface area contributed by atoms with Gasteiger partial charge in [0.2, 0.25) is 0 Å². The molecule has 13 heavy (non-hydrogen) atoms. The number of benzene rings is 1. The predicted octanol–water partition coefficient (Wildman–Crippen LogP) is 4.30. The number of hydrogen-bond acceptors (Lipinski definition) is 1. The van der Waals surface area contributed by atoms with Crippen LogP contribution in [-0.4, -0.2) is 4.98 Å². The number of rotatable bonds is 0. The molecule has 1 aromatic carbocycles. The summed E-state index contributed by atoms with van der Waals surface area (Å²) in [6.45, 7) is 0. The van der Waals surface area contributed by atoms with Crippen molar-refractivity contribution in [3.63, 3.8) is 0 Å². The molecule has 0 atom stereocenters. The zero-order valence-corrected chi connectivity index (χ0v) is 9.49. The van der Waals surface area contributed by atoms with Gasteiger partial charge >= 0.3 is 0 Å². The van der Waals surface area contributed by atoms with Gasteiger partial charge in [-0.2, -0.15) is 0 Å². The fourth-order valence-corrected chi connectivity index (χ4v) is 2.26. The van der Waals surface area contributed by atoms with Crippen LogP contribution in [0.5, 0.6) is 0 Å². The van der Waals surface area contributed by atoms with Crippen molar-refractivity contribution in [2.75, 3.05) is 0 Å². The number of fused-ring (bicyclic) bond motifs is 1. The van der Waals surface area contributed by atoms with E-state index >= 15 is 0 Å². The second-order valence-corrected chi connectivity index (χ2v) is 4.27. The van der Waals surface area contributed by atoms with Crippen LogP contribution in [0.15, 0.2) is 28.9 Å². The van der Waals surface area contributed by atoms with Crippen LogP contribution in [0.25, 0.3) is 10.8 Å². The normalized spacial score (nSPS) is 10.7. The summed E-state index contributed by atoms with van der Waals surface area (Å²) in [6.07, 6.45) is 1.64. The van der Waals surface area contributed by atoms with Crippen molar-refractivity contribution in [3.05, 3.63) is 39.0 Å². The molecular weight excluding hydrogens is 273 g/mol. The molecule has 0 fully saturated rings. The number of aromatic nitrogens is 1. The highest BCUT2D eigenvalue weighted by molar-refractivity contribution is 9.10. The van der Waals surface area contributed by atoms with Crippen molar-refractivity contribution in [2.24, 2.45) is 0 Å². The molecule has 1 nitrogen and oxygen atoms in total. The second kappa shape index (κ2) is 3.45. The fraction of sp³-hybridized carbons (Fsp3) is 0. The average Bonchev–Trinajstić information content (AvgIpc) is 2.07. The Morgan fingerprint density at radius 3 is 2.69 bits per heavy atom. The van der Waals surface area contributed by atoms with Crippen molar-refractivity contribution in [2.45, 2.75) is 0 Å². The Hall–Kier alpha value is -0.310. The van der Waals surface area contributed by atoms with E-state index < -0.39 is 0 Å². The lowest BCUT2D eigenvalue weighted by molar-refractivity contribution is 1.36. The van der Waals surface area contributed by atoms with Crippen molar-refractivity contribution >= 4 is 49.9 Å². The molecule has 0 radical (unpaired) electrons. The highest BCUT2D eigenvalue weighted by Gasteiger charge is 2.04. The maximum atomic E-state index is 6.02. The van der Waals surface area contributed by atoms with E-state index in [-0.39, 0.29) is 0 Å². The molecule has 0 aliphatic rings. The summed E-state index contributed by atoms with van der Waals surface area (Å²) in [5.41, 5.74) is 0. The zero-order valence-electron chi connectivity index (χ0n) is 6.39. The van der Waals surface area contributed by atoms with Gasteiger partial charge in [-0.25, -0.2) is 4.98 Å². The quantitative estimate of drug-likeness (QED) is 0.654. The summed E-state index contributed by atoms with van der Waals surface area (Å²) in [5, 5.41) is 2.93. The molecule has 4 heteroatoms. The first-order valence-corrected chi connectivity index (χ1v) is 5.12. The molecule has 2 rings (SSSR count). The number of pyridine rings is 1. The fourth-order valence-electron chi connectivity index (χ4n) is 1.17. The van der Waals surface area contributed by atoms with Crippen LogP contribution < -0.4 is 0 Å². The summed E-state index contributed by atoms with van der Waals surface area (Å²) in [7, 11) is 0. The molecule has 0 aliphatic heterocycles. The van der Waals surface area contributed by atoms with Gasteiger partial charge in [0.15, 0.2) is 0 Å². The van der Waals surface area contributed by atoms with Crippen LogP contribution in [0.3, 0.4) is 0 Å². The van der Waals surface area contributed by atoms with E-state index in [0.717, 1.165) is 15.2 Å². The van der Waals surface area contributed by atoms with Gasteiger partial charge in [-0.05, 0) is 18.2 Å². The Balaban J connectivity index is 2.94. The molecule has 1 aromatic heterocycles. The molecule has 0 saturated carbocycles. The van der Waals surface area contributed by atoms with Gasteiger partial charge in [-0.15, -0.1) is 0 Å². The third-order valence-corrected chi connectivity index (χ3v) is 2.82. The first-order chi connectivity index (χ1) is 6.18. The van der Waals surface area contributed by atoms with E-state index in [2.05, 4.69) is 20.9 Å². The van der Waals surface area contributed by atoms with Crippen LogP contribution in [0.1, 0.15) is 0 Å². The molecule has 0 saturated heterocycles. The van der Waals surface area contributed by atoms with E-state index in [1.165, 1.54) is 0 Å². The first-order valence-electron chi connectivity index (χ1n) is 3.58. The SMILES string of the molecule is Clc1cc(Br)cc2c(Cl)nccc12. The molecule has 0 aliphatic carbocycles. The van der Waals surface area contributed by atoms with Crippen LogP contribution in [-0.2, 0) is 0 Å². The topological polar surface area (TPSA) is 12.9 Å². The van der Waals surface area contributed by atoms with Gasteiger partial charge in [-0.3, -0.25) is 0 Å². The van der Waals surface area contributed by atoms with Gasteiger partial charge < -0.3 is 0 Å².